The Bertz CT molecular complexity index is 727. The van der Waals surface area contributed by atoms with E-state index in [9.17, 15) is 9.59 Å². The summed E-state index contributed by atoms with van der Waals surface area (Å²) in [6.45, 7) is 0.890. The van der Waals surface area contributed by atoms with Gasteiger partial charge in [-0.1, -0.05) is 12.1 Å². The molecule has 4 bridgehead atoms. The number of amides is 2. The molecule has 2 amide bonds. The van der Waals surface area contributed by atoms with Crippen LogP contribution in [-0.2, 0) is 9.59 Å². The topological polar surface area (TPSA) is 49.4 Å². The fourth-order valence-corrected chi connectivity index (χ4v) is 7.53. The van der Waals surface area contributed by atoms with Gasteiger partial charge in [-0.25, -0.2) is 0 Å². The number of carbonyl (C=O) groups is 2. The third kappa shape index (κ3) is 3.39. The van der Waals surface area contributed by atoms with Crippen LogP contribution in [0.25, 0.3) is 0 Å². The molecule has 1 N–H and O–H groups in total. The highest BCUT2D eigenvalue weighted by molar-refractivity contribution is 8.00. The molecule has 1 aromatic carbocycles. The van der Waals surface area contributed by atoms with Gasteiger partial charge in [0.15, 0.2) is 0 Å². The van der Waals surface area contributed by atoms with E-state index in [1.807, 2.05) is 24.3 Å². The van der Waals surface area contributed by atoms with Crippen LogP contribution < -0.4 is 10.2 Å². The SMILES string of the molecule is O=C(CN1C(=O)CSc2ccccc21)NCCC12CC3CC(CC(C3)C1)C2. The lowest BCUT2D eigenvalue weighted by Crippen LogP contribution is -2.48. The van der Waals surface area contributed by atoms with Gasteiger partial charge in [-0.15, -0.1) is 11.8 Å². The van der Waals surface area contributed by atoms with E-state index in [1.165, 1.54) is 38.5 Å². The number of carbonyl (C=O) groups excluding carboxylic acids is 2. The van der Waals surface area contributed by atoms with Crippen molar-refractivity contribution >= 4 is 29.3 Å². The summed E-state index contributed by atoms with van der Waals surface area (Å²) >= 11 is 1.55. The molecule has 1 aromatic rings. The van der Waals surface area contributed by atoms with Crippen LogP contribution in [0.2, 0.25) is 0 Å². The minimum absolute atomic E-state index is 0.0231. The van der Waals surface area contributed by atoms with E-state index in [-0.39, 0.29) is 18.4 Å². The maximum absolute atomic E-state index is 12.5. The van der Waals surface area contributed by atoms with Crippen molar-refractivity contribution in [3.63, 3.8) is 0 Å². The van der Waals surface area contributed by atoms with Gasteiger partial charge >= 0.3 is 0 Å². The summed E-state index contributed by atoms with van der Waals surface area (Å²) in [4.78, 5) is 27.6. The van der Waals surface area contributed by atoms with Crippen LogP contribution >= 0.6 is 11.8 Å². The summed E-state index contributed by atoms with van der Waals surface area (Å²) in [5, 5.41) is 3.12. The van der Waals surface area contributed by atoms with E-state index in [4.69, 9.17) is 0 Å². The van der Waals surface area contributed by atoms with Crippen LogP contribution in [0, 0.1) is 23.2 Å². The second-order valence-electron chi connectivity index (χ2n) is 9.25. The molecule has 4 fully saturated rings. The highest BCUT2D eigenvalue weighted by atomic mass is 32.2. The average molecular weight is 385 g/mol. The van der Waals surface area contributed by atoms with Gasteiger partial charge in [-0.2, -0.15) is 0 Å². The standard InChI is InChI=1S/C22H28N2O2S/c25-20(13-24-18-3-1-2-4-19(18)27-14-21(24)26)23-6-5-22-10-15-7-16(11-22)9-17(8-15)12-22/h1-4,15-17H,5-14H2,(H,23,25). The van der Waals surface area contributed by atoms with Crippen molar-refractivity contribution in [2.24, 2.45) is 23.2 Å². The molecule has 5 aliphatic rings. The van der Waals surface area contributed by atoms with Gasteiger partial charge in [0, 0.05) is 11.4 Å². The number of thioether (sulfide) groups is 1. The Morgan fingerprint density at radius 1 is 1.11 bits per heavy atom. The van der Waals surface area contributed by atoms with Crippen molar-refractivity contribution in [3.8, 4) is 0 Å². The van der Waals surface area contributed by atoms with Gasteiger partial charge in [-0.3, -0.25) is 9.59 Å². The lowest BCUT2D eigenvalue weighted by molar-refractivity contribution is -0.123. The molecule has 6 rings (SSSR count). The molecule has 0 aromatic heterocycles. The Balaban J connectivity index is 1.17. The fourth-order valence-electron chi connectivity index (χ4n) is 6.59. The summed E-state index contributed by atoms with van der Waals surface area (Å²) in [6.07, 6.45) is 9.63. The molecule has 0 radical (unpaired) electrons. The summed E-state index contributed by atoms with van der Waals surface area (Å²) in [6, 6.07) is 7.85. The van der Waals surface area contributed by atoms with Gasteiger partial charge in [0.1, 0.15) is 6.54 Å². The summed E-state index contributed by atoms with van der Waals surface area (Å²) in [7, 11) is 0. The summed E-state index contributed by atoms with van der Waals surface area (Å²) < 4.78 is 0. The molecule has 0 spiro atoms. The average Bonchev–Trinajstić information content (AvgIpc) is 2.63. The van der Waals surface area contributed by atoms with Crippen molar-refractivity contribution in [2.75, 3.05) is 23.7 Å². The third-order valence-electron chi connectivity index (χ3n) is 7.25. The molecule has 5 heteroatoms. The number of nitrogens with zero attached hydrogens (tertiary/aromatic N) is 1. The van der Waals surface area contributed by atoms with Crippen molar-refractivity contribution in [1.29, 1.82) is 0 Å². The monoisotopic (exact) mass is 384 g/mol. The highest BCUT2D eigenvalue weighted by Crippen LogP contribution is 2.61. The lowest BCUT2D eigenvalue weighted by atomic mass is 9.49. The summed E-state index contributed by atoms with van der Waals surface area (Å²) in [5.41, 5.74) is 1.36. The molecule has 1 aliphatic heterocycles. The normalized spacial score (nSPS) is 33.9. The predicted molar refractivity (Wildman–Crippen MR) is 108 cm³/mol. The first-order chi connectivity index (χ1) is 13.1. The molecule has 27 heavy (non-hydrogen) atoms. The highest BCUT2D eigenvalue weighted by Gasteiger charge is 2.50. The molecule has 0 saturated heterocycles. The van der Waals surface area contributed by atoms with Crippen molar-refractivity contribution in [2.45, 2.75) is 49.8 Å². The van der Waals surface area contributed by atoms with Crippen LogP contribution in [-0.4, -0.2) is 30.7 Å². The lowest BCUT2D eigenvalue weighted by Gasteiger charge is -2.57. The first-order valence-electron chi connectivity index (χ1n) is 10.4. The minimum Gasteiger partial charge on any atom is -0.355 e. The fraction of sp³-hybridized carbons (Fsp3) is 0.636. The zero-order chi connectivity index (χ0) is 18.4. The van der Waals surface area contributed by atoms with Gasteiger partial charge in [-0.05, 0) is 80.2 Å². The van der Waals surface area contributed by atoms with E-state index < -0.39 is 0 Å². The van der Waals surface area contributed by atoms with Crippen molar-refractivity contribution in [1.82, 2.24) is 5.32 Å². The number of para-hydroxylation sites is 1. The first-order valence-corrected chi connectivity index (χ1v) is 11.4. The van der Waals surface area contributed by atoms with Crippen molar-refractivity contribution in [3.05, 3.63) is 24.3 Å². The molecule has 4 saturated carbocycles. The molecular formula is C22H28N2O2S. The number of hydrogen-bond acceptors (Lipinski definition) is 3. The molecule has 4 nitrogen and oxygen atoms in total. The van der Waals surface area contributed by atoms with Crippen LogP contribution in [0.15, 0.2) is 29.2 Å². The number of benzene rings is 1. The zero-order valence-corrected chi connectivity index (χ0v) is 16.6. The molecule has 4 aliphatic carbocycles. The predicted octanol–water partition coefficient (Wildman–Crippen LogP) is 3.85. The van der Waals surface area contributed by atoms with Gasteiger partial charge in [0.05, 0.1) is 11.4 Å². The third-order valence-corrected chi connectivity index (χ3v) is 8.30. The van der Waals surface area contributed by atoms with E-state index in [0.717, 1.165) is 41.3 Å². The number of fused-ring (bicyclic) bond motifs is 1. The van der Waals surface area contributed by atoms with Gasteiger partial charge < -0.3 is 10.2 Å². The Labute approximate surface area is 165 Å². The van der Waals surface area contributed by atoms with Crippen LogP contribution in [0.1, 0.15) is 44.9 Å². The second kappa shape index (κ2) is 6.84. The van der Waals surface area contributed by atoms with Crippen LogP contribution in [0.3, 0.4) is 0 Å². The first kappa shape index (κ1) is 17.6. The van der Waals surface area contributed by atoms with E-state index in [0.29, 0.717) is 11.2 Å². The van der Waals surface area contributed by atoms with Crippen molar-refractivity contribution < 1.29 is 9.59 Å². The number of nitrogens with one attached hydrogen (secondary N) is 1. The van der Waals surface area contributed by atoms with E-state index in [1.54, 1.807) is 16.7 Å². The second-order valence-corrected chi connectivity index (χ2v) is 10.3. The maximum atomic E-state index is 12.5. The van der Waals surface area contributed by atoms with E-state index in [2.05, 4.69) is 5.32 Å². The van der Waals surface area contributed by atoms with Crippen LogP contribution in [0.5, 0.6) is 0 Å². The zero-order valence-electron chi connectivity index (χ0n) is 15.8. The molecule has 0 unspecified atom stereocenters. The molecule has 144 valence electrons. The summed E-state index contributed by atoms with van der Waals surface area (Å²) in [5.74, 6) is 3.26. The maximum Gasteiger partial charge on any atom is 0.240 e. The van der Waals surface area contributed by atoms with Gasteiger partial charge in [0.2, 0.25) is 11.8 Å². The Morgan fingerprint density at radius 2 is 1.78 bits per heavy atom. The Hall–Kier alpha value is -1.49. The smallest absolute Gasteiger partial charge is 0.240 e. The number of anilines is 1. The largest absolute Gasteiger partial charge is 0.355 e. The Morgan fingerprint density at radius 3 is 2.48 bits per heavy atom. The number of hydrogen-bond donors (Lipinski definition) is 1. The minimum atomic E-state index is -0.0326. The van der Waals surface area contributed by atoms with Crippen LogP contribution in [0.4, 0.5) is 5.69 Å². The quantitative estimate of drug-likeness (QED) is 0.839. The Kier molecular flexibility index (Phi) is 4.46. The van der Waals surface area contributed by atoms with E-state index >= 15 is 0 Å². The molecular weight excluding hydrogens is 356 g/mol. The molecule has 1 heterocycles. The van der Waals surface area contributed by atoms with Gasteiger partial charge in [0.25, 0.3) is 0 Å². The number of rotatable bonds is 5. The molecule has 0 atom stereocenters.